The average Bonchev–Trinajstić information content (AvgIpc) is 2.97. The van der Waals surface area contributed by atoms with Crippen LogP contribution in [0, 0.1) is 0 Å². The third-order valence-corrected chi connectivity index (χ3v) is 3.81. The van der Waals surface area contributed by atoms with E-state index in [1.165, 1.54) is 14.0 Å². The van der Waals surface area contributed by atoms with Gasteiger partial charge in [-0.2, -0.15) is 0 Å². The van der Waals surface area contributed by atoms with Crippen molar-refractivity contribution in [1.29, 1.82) is 0 Å². The highest BCUT2D eigenvalue weighted by molar-refractivity contribution is 5.89. The number of methoxy groups -OCH3 is 1. The zero-order valence-corrected chi connectivity index (χ0v) is 14.0. The summed E-state index contributed by atoms with van der Waals surface area (Å²) >= 11 is 0. The lowest BCUT2D eigenvalue weighted by molar-refractivity contribution is -0.148. The number of hydrogen-bond donors (Lipinski definition) is 4. The number of para-hydroxylation sites is 1. The Morgan fingerprint density at radius 3 is 2.64 bits per heavy atom. The van der Waals surface area contributed by atoms with Gasteiger partial charge in [-0.15, -0.1) is 0 Å². The zero-order chi connectivity index (χ0) is 18.4. The van der Waals surface area contributed by atoms with E-state index in [0.29, 0.717) is 0 Å². The lowest BCUT2D eigenvalue weighted by Gasteiger charge is -2.19. The van der Waals surface area contributed by atoms with E-state index in [1.807, 2.05) is 24.3 Å². The fraction of sp³-hybridized carbons (Fsp3) is 0.353. The van der Waals surface area contributed by atoms with Crippen molar-refractivity contribution in [2.75, 3.05) is 13.7 Å². The van der Waals surface area contributed by atoms with E-state index < -0.39 is 24.0 Å². The van der Waals surface area contributed by atoms with Gasteiger partial charge in [0.1, 0.15) is 6.04 Å². The van der Waals surface area contributed by atoms with E-state index in [4.69, 9.17) is 9.84 Å². The predicted octanol–water partition coefficient (Wildman–Crippen LogP) is 0.431. The maximum Gasteiger partial charge on any atom is 0.334 e. The molecule has 1 aromatic heterocycles. The number of benzene rings is 1. The van der Waals surface area contributed by atoms with Crippen LogP contribution in [-0.2, 0) is 25.5 Å². The molecule has 0 fully saturated rings. The fourth-order valence-corrected chi connectivity index (χ4v) is 2.56. The molecule has 0 saturated carbocycles. The van der Waals surface area contributed by atoms with Gasteiger partial charge in [-0.05, 0) is 11.6 Å². The smallest absolute Gasteiger partial charge is 0.334 e. The van der Waals surface area contributed by atoms with E-state index in [2.05, 4.69) is 15.6 Å². The summed E-state index contributed by atoms with van der Waals surface area (Å²) in [6.07, 6.45) is 0.928. The van der Waals surface area contributed by atoms with Crippen molar-refractivity contribution in [3.8, 4) is 0 Å². The summed E-state index contributed by atoms with van der Waals surface area (Å²) < 4.78 is 4.78. The molecule has 2 amide bonds. The van der Waals surface area contributed by atoms with Crippen molar-refractivity contribution < 1.29 is 24.2 Å². The highest BCUT2D eigenvalue weighted by Crippen LogP contribution is 2.19. The molecular formula is C17H21N3O5. The summed E-state index contributed by atoms with van der Waals surface area (Å²) in [5, 5.41) is 15.0. The summed E-state index contributed by atoms with van der Waals surface area (Å²) in [5.41, 5.74) is 1.82. The van der Waals surface area contributed by atoms with Crippen LogP contribution < -0.4 is 10.6 Å². The number of aliphatic carboxylic acids is 1. The van der Waals surface area contributed by atoms with Crippen molar-refractivity contribution in [1.82, 2.24) is 15.6 Å². The molecule has 134 valence electrons. The number of H-pyrrole nitrogens is 1. The van der Waals surface area contributed by atoms with Crippen LogP contribution in [-0.4, -0.2) is 53.7 Å². The van der Waals surface area contributed by atoms with Gasteiger partial charge in [0, 0.05) is 37.6 Å². The number of hydrogen-bond acceptors (Lipinski definition) is 4. The monoisotopic (exact) mass is 347 g/mol. The molecular weight excluding hydrogens is 326 g/mol. The first-order valence-corrected chi connectivity index (χ1v) is 7.77. The van der Waals surface area contributed by atoms with Crippen LogP contribution in [0.1, 0.15) is 12.5 Å². The number of fused-ring (bicyclic) bond motifs is 1. The standard InChI is InChI=1S/C17H21N3O5/c1-10(21)20-14(16(22)19-9-15(25-2)17(23)24)7-11-8-18-13-6-4-3-5-12(11)13/h3-6,8,14-15,18H,7,9H2,1-2H3,(H,19,22)(H,20,21)(H,23,24). The number of ether oxygens (including phenoxy) is 1. The molecule has 8 heteroatoms. The number of aromatic nitrogens is 1. The highest BCUT2D eigenvalue weighted by Gasteiger charge is 2.24. The minimum absolute atomic E-state index is 0.186. The topological polar surface area (TPSA) is 121 Å². The largest absolute Gasteiger partial charge is 0.479 e. The fourth-order valence-electron chi connectivity index (χ4n) is 2.56. The Labute approximate surface area is 144 Å². The third kappa shape index (κ3) is 4.80. The summed E-state index contributed by atoms with van der Waals surface area (Å²) in [4.78, 5) is 37.9. The molecule has 1 aromatic carbocycles. The molecule has 2 aromatic rings. The number of carboxylic acid groups (broad SMARTS) is 1. The molecule has 0 radical (unpaired) electrons. The van der Waals surface area contributed by atoms with Crippen LogP contribution in [0.4, 0.5) is 0 Å². The number of aromatic amines is 1. The molecule has 0 spiro atoms. The maximum atomic E-state index is 12.4. The molecule has 0 aliphatic carbocycles. The van der Waals surface area contributed by atoms with E-state index in [1.54, 1.807) is 6.20 Å². The van der Waals surface area contributed by atoms with Gasteiger partial charge in [-0.3, -0.25) is 9.59 Å². The number of carbonyl (C=O) groups is 3. The van der Waals surface area contributed by atoms with Crippen LogP contribution in [0.5, 0.6) is 0 Å². The summed E-state index contributed by atoms with van der Waals surface area (Å²) in [6, 6.07) is 6.82. The molecule has 2 atom stereocenters. The van der Waals surface area contributed by atoms with Crippen molar-refractivity contribution in [2.24, 2.45) is 0 Å². The van der Waals surface area contributed by atoms with Crippen molar-refractivity contribution in [3.05, 3.63) is 36.0 Å². The van der Waals surface area contributed by atoms with Crippen LogP contribution in [0.15, 0.2) is 30.5 Å². The lowest BCUT2D eigenvalue weighted by atomic mass is 10.0. The average molecular weight is 347 g/mol. The SMILES string of the molecule is COC(CNC(=O)C(Cc1c[nH]c2ccccc12)NC(C)=O)C(=O)O. The molecule has 2 unspecified atom stereocenters. The normalized spacial score (nSPS) is 13.2. The first-order chi connectivity index (χ1) is 11.9. The number of carboxylic acids is 1. The molecule has 0 saturated heterocycles. The predicted molar refractivity (Wildman–Crippen MR) is 91.0 cm³/mol. The van der Waals surface area contributed by atoms with Crippen molar-refractivity contribution in [3.63, 3.8) is 0 Å². The molecule has 0 aliphatic rings. The number of nitrogens with one attached hydrogen (secondary N) is 3. The molecule has 4 N–H and O–H groups in total. The molecule has 0 bridgehead atoms. The maximum absolute atomic E-state index is 12.4. The summed E-state index contributed by atoms with van der Waals surface area (Å²) in [6.45, 7) is 1.14. The van der Waals surface area contributed by atoms with E-state index in [9.17, 15) is 14.4 Å². The Balaban J connectivity index is 2.11. The summed E-state index contributed by atoms with van der Waals surface area (Å²) in [7, 11) is 1.25. The van der Waals surface area contributed by atoms with Gasteiger partial charge in [0.15, 0.2) is 6.10 Å². The number of carbonyl (C=O) groups excluding carboxylic acids is 2. The van der Waals surface area contributed by atoms with Gasteiger partial charge in [-0.1, -0.05) is 18.2 Å². The minimum atomic E-state index is -1.17. The highest BCUT2D eigenvalue weighted by atomic mass is 16.5. The Hall–Kier alpha value is -2.87. The number of amides is 2. The second-order valence-electron chi connectivity index (χ2n) is 5.62. The van der Waals surface area contributed by atoms with Gasteiger partial charge in [0.25, 0.3) is 0 Å². The molecule has 2 rings (SSSR count). The minimum Gasteiger partial charge on any atom is -0.479 e. The number of rotatable bonds is 8. The summed E-state index contributed by atoms with van der Waals surface area (Å²) in [5.74, 6) is -1.99. The van der Waals surface area contributed by atoms with E-state index in [-0.39, 0.29) is 18.9 Å². The van der Waals surface area contributed by atoms with Gasteiger partial charge in [0.05, 0.1) is 6.54 Å². The van der Waals surface area contributed by atoms with E-state index >= 15 is 0 Å². The molecule has 0 aliphatic heterocycles. The van der Waals surface area contributed by atoms with Gasteiger partial charge in [-0.25, -0.2) is 4.79 Å². The van der Waals surface area contributed by atoms with Gasteiger partial charge < -0.3 is 25.5 Å². The second-order valence-corrected chi connectivity index (χ2v) is 5.62. The third-order valence-electron chi connectivity index (χ3n) is 3.81. The Kier molecular flexibility index (Phi) is 6.13. The first-order valence-electron chi connectivity index (χ1n) is 7.77. The zero-order valence-electron chi connectivity index (χ0n) is 14.0. The van der Waals surface area contributed by atoms with Crippen LogP contribution >= 0.6 is 0 Å². The Bertz CT molecular complexity index is 770. The van der Waals surface area contributed by atoms with Gasteiger partial charge >= 0.3 is 5.97 Å². The second kappa shape index (κ2) is 8.29. The van der Waals surface area contributed by atoms with Crippen LogP contribution in [0.2, 0.25) is 0 Å². The van der Waals surface area contributed by atoms with E-state index in [0.717, 1.165) is 16.5 Å². The quantitative estimate of drug-likeness (QED) is 0.552. The first kappa shape index (κ1) is 18.5. The van der Waals surface area contributed by atoms with Crippen LogP contribution in [0.3, 0.4) is 0 Å². The Morgan fingerprint density at radius 2 is 2.00 bits per heavy atom. The molecule has 1 heterocycles. The van der Waals surface area contributed by atoms with Crippen molar-refractivity contribution >= 4 is 28.7 Å². The molecule has 25 heavy (non-hydrogen) atoms. The Morgan fingerprint density at radius 1 is 1.28 bits per heavy atom. The van der Waals surface area contributed by atoms with Crippen molar-refractivity contribution in [2.45, 2.75) is 25.5 Å². The van der Waals surface area contributed by atoms with Gasteiger partial charge in [0.2, 0.25) is 11.8 Å². The molecule has 8 nitrogen and oxygen atoms in total. The van der Waals surface area contributed by atoms with Crippen LogP contribution in [0.25, 0.3) is 10.9 Å². The lowest BCUT2D eigenvalue weighted by Crippen LogP contribution is -2.49.